The van der Waals surface area contributed by atoms with Crippen LogP contribution in [0.1, 0.15) is 48.3 Å². The van der Waals surface area contributed by atoms with Crippen molar-refractivity contribution in [1.82, 2.24) is 10.6 Å². The van der Waals surface area contributed by atoms with Crippen LogP contribution in [0.2, 0.25) is 0 Å². The first-order chi connectivity index (χ1) is 12.3. The van der Waals surface area contributed by atoms with E-state index in [0.29, 0.717) is 0 Å². The van der Waals surface area contributed by atoms with Crippen molar-refractivity contribution < 1.29 is 14.0 Å². The van der Waals surface area contributed by atoms with E-state index in [1.807, 2.05) is 52.0 Å². The predicted octanol–water partition coefficient (Wildman–Crippen LogP) is 3.77. The molecule has 0 spiro atoms. The van der Waals surface area contributed by atoms with Crippen molar-refractivity contribution in [3.05, 3.63) is 71.0 Å². The molecular formula is C21H25FN2O2. The summed E-state index contributed by atoms with van der Waals surface area (Å²) in [6.07, 6.45) is 0. The lowest BCUT2D eigenvalue weighted by Gasteiger charge is -2.24. The van der Waals surface area contributed by atoms with Crippen molar-refractivity contribution in [3.63, 3.8) is 0 Å². The standard InChI is InChI=1S/C21H25FN2O2/c1-13(2)19(24-20(25)17-7-5-6-8-18(17)22)21(26)23-15(4)16-11-9-14(3)10-12-16/h5-13,15,19H,1-4H3,(H,23,26)(H,24,25). The third-order valence-electron chi connectivity index (χ3n) is 4.29. The summed E-state index contributed by atoms with van der Waals surface area (Å²) in [5.74, 6) is -1.64. The predicted molar refractivity (Wildman–Crippen MR) is 100 cm³/mol. The average Bonchev–Trinajstić information content (AvgIpc) is 2.59. The number of nitrogens with one attached hydrogen (secondary N) is 2. The molecule has 2 amide bonds. The van der Waals surface area contributed by atoms with Crippen molar-refractivity contribution in [1.29, 1.82) is 0 Å². The fourth-order valence-corrected chi connectivity index (χ4v) is 2.64. The highest BCUT2D eigenvalue weighted by Crippen LogP contribution is 2.15. The topological polar surface area (TPSA) is 58.2 Å². The zero-order valence-corrected chi connectivity index (χ0v) is 15.5. The Hall–Kier alpha value is -2.69. The Morgan fingerprint density at radius 3 is 2.12 bits per heavy atom. The van der Waals surface area contributed by atoms with E-state index in [-0.39, 0.29) is 23.4 Å². The molecule has 0 radical (unpaired) electrons. The van der Waals surface area contributed by atoms with Crippen LogP contribution in [-0.2, 0) is 4.79 Å². The molecule has 2 rings (SSSR count). The third-order valence-corrected chi connectivity index (χ3v) is 4.29. The quantitative estimate of drug-likeness (QED) is 0.828. The Balaban J connectivity index is 2.08. The Bertz CT molecular complexity index is 772. The Kier molecular flexibility index (Phi) is 6.50. The summed E-state index contributed by atoms with van der Waals surface area (Å²) in [6, 6.07) is 12.7. The van der Waals surface area contributed by atoms with E-state index in [9.17, 15) is 14.0 Å². The van der Waals surface area contributed by atoms with Gasteiger partial charge in [0, 0.05) is 0 Å². The van der Waals surface area contributed by atoms with Crippen molar-refractivity contribution in [2.75, 3.05) is 0 Å². The fourth-order valence-electron chi connectivity index (χ4n) is 2.64. The molecule has 0 bridgehead atoms. The van der Waals surface area contributed by atoms with Gasteiger partial charge in [0.2, 0.25) is 5.91 Å². The third kappa shape index (κ3) is 4.91. The van der Waals surface area contributed by atoms with Gasteiger partial charge in [-0.2, -0.15) is 0 Å². The summed E-state index contributed by atoms with van der Waals surface area (Å²) >= 11 is 0. The van der Waals surface area contributed by atoms with Crippen LogP contribution in [0.5, 0.6) is 0 Å². The van der Waals surface area contributed by atoms with Crippen LogP contribution in [0.4, 0.5) is 4.39 Å². The van der Waals surface area contributed by atoms with Gasteiger partial charge in [0.05, 0.1) is 11.6 Å². The molecule has 0 aliphatic rings. The molecule has 0 aromatic heterocycles. The number of hydrogen-bond donors (Lipinski definition) is 2. The first-order valence-corrected chi connectivity index (χ1v) is 8.72. The van der Waals surface area contributed by atoms with E-state index < -0.39 is 17.8 Å². The van der Waals surface area contributed by atoms with Gasteiger partial charge in [-0.05, 0) is 37.5 Å². The maximum absolute atomic E-state index is 13.8. The number of carbonyl (C=O) groups is 2. The molecule has 0 saturated carbocycles. The molecule has 2 aromatic rings. The Labute approximate surface area is 153 Å². The lowest BCUT2D eigenvalue weighted by molar-refractivity contribution is -0.124. The maximum Gasteiger partial charge on any atom is 0.254 e. The SMILES string of the molecule is Cc1ccc(C(C)NC(=O)C(NC(=O)c2ccccc2F)C(C)C)cc1. The molecule has 0 saturated heterocycles. The van der Waals surface area contributed by atoms with Crippen LogP contribution in [0.25, 0.3) is 0 Å². The van der Waals surface area contributed by atoms with Crippen LogP contribution in [0, 0.1) is 18.7 Å². The molecule has 138 valence electrons. The van der Waals surface area contributed by atoms with Crippen LogP contribution in [-0.4, -0.2) is 17.9 Å². The number of benzene rings is 2. The summed E-state index contributed by atoms with van der Waals surface area (Å²) < 4.78 is 13.8. The molecule has 2 atom stereocenters. The van der Waals surface area contributed by atoms with Gasteiger partial charge in [-0.15, -0.1) is 0 Å². The van der Waals surface area contributed by atoms with E-state index in [1.165, 1.54) is 18.2 Å². The Morgan fingerprint density at radius 1 is 0.923 bits per heavy atom. The van der Waals surface area contributed by atoms with Crippen molar-refractivity contribution >= 4 is 11.8 Å². The van der Waals surface area contributed by atoms with Gasteiger partial charge in [-0.25, -0.2) is 4.39 Å². The number of hydrogen-bond acceptors (Lipinski definition) is 2. The van der Waals surface area contributed by atoms with Crippen LogP contribution in [0.15, 0.2) is 48.5 Å². The number of halogens is 1. The van der Waals surface area contributed by atoms with E-state index in [0.717, 1.165) is 11.1 Å². The van der Waals surface area contributed by atoms with Gasteiger partial charge < -0.3 is 10.6 Å². The molecule has 0 heterocycles. The molecule has 2 N–H and O–H groups in total. The average molecular weight is 356 g/mol. The second-order valence-electron chi connectivity index (χ2n) is 6.82. The largest absolute Gasteiger partial charge is 0.348 e. The molecular weight excluding hydrogens is 331 g/mol. The van der Waals surface area contributed by atoms with Crippen LogP contribution >= 0.6 is 0 Å². The van der Waals surface area contributed by atoms with Crippen LogP contribution in [0.3, 0.4) is 0 Å². The van der Waals surface area contributed by atoms with Gasteiger partial charge in [-0.1, -0.05) is 55.8 Å². The van der Waals surface area contributed by atoms with E-state index >= 15 is 0 Å². The van der Waals surface area contributed by atoms with Gasteiger partial charge in [-0.3, -0.25) is 9.59 Å². The summed E-state index contributed by atoms with van der Waals surface area (Å²) in [7, 11) is 0. The lowest BCUT2D eigenvalue weighted by atomic mass is 10.0. The maximum atomic E-state index is 13.8. The molecule has 4 nitrogen and oxygen atoms in total. The Morgan fingerprint density at radius 2 is 1.54 bits per heavy atom. The summed E-state index contributed by atoms with van der Waals surface area (Å²) in [4.78, 5) is 25.0. The van der Waals surface area contributed by atoms with Crippen molar-refractivity contribution in [3.8, 4) is 0 Å². The monoisotopic (exact) mass is 356 g/mol. The van der Waals surface area contributed by atoms with Gasteiger partial charge in [0.15, 0.2) is 0 Å². The minimum Gasteiger partial charge on any atom is -0.348 e. The summed E-state index contributed by atoms with van der Waals surface area (Å²) in [5, 5.41) is 5.57. The molecule has 2 unspecified atom stereocenters. The summed E-state index contributed by atoms with van der Waals surface area (Å²) in [5.41, 5.74) is 2.05. The second-order valence-corrected chi connectivity index (χ2v) is 6.82. The highest BCUT2D eigenvalue weighted by Gasteiger charge is 2.26. The molecule has 2 aromatic carbocycles. The smallest absolute Gasteiger partial charge is 0.254 e. The number of carbonyl (C=O) groups excluding carboxylic acids is 2. The molecule has 26 heavy (non-hydrogen) atoms. The molecule has 5 heteroatoms. The van der Waals surface area contributed by atoms with Gasteiger partial charge in [0.25, 0.3) is 5.91 Å². The fraction of sp³-hybridized carbons (Fsp3) is 0.333. The number of aryl methyl sites for hydroxylation is 1. The summed E-state index contributed by atoms with van der Waals surface area (Å²) in [6.45, 7) is 7.56. The number of amides is 2. The molecule has 0 aliphatic heterocycles. The first kappa shape index (κ1) is 19.6. The van der Waals surface area contributed by atoms with E-state index in [4.69, 9.17) is 0 Å². The normalized spacial score (nSPS) is 13.2. The zero-order valence-electron chi connectivity index (χ0n) is 15.5. The van der Waals surface area contributed by atoms with Crippen molar-refractivity contribution in [2.45, 2.75) is 39.8 Å². The van der Waals surface area contributed by atoms with Crippen LogP contribution < -0.4 is 10.6 Å². The van der Waals surface area contributed by atoms with E-state index in [1.54, 1.807) is 6.07 Å². The van der Waals surface area contributed by atoms with E-state index in [2.05, 4.69) is 10.6 Å². The molecule has 0 fully saturated rings. The zero-order chi connectivity index (χ0) is 19.3. The number of rotatable bonds is 6. The minimum absolute atomic E-state index is 0.0717. The van der Waals surface area contributed by atoms with Crippen molar-refractivity contribution in [2.24, 2.45) is 5.92 Å². The molecule has 0 aliphatic carbocycles. The second kappa shape index (κ2) is 8.61. The first-order valence-electron chi connectivity index (χ1n) is 8.72. The highest BCUT2D eigenvalue weighted by molar-refractivity contribution is 5.97. The highest BCUT2D eigenvalue weighted by atomic mass is 19.1. The van der Waals surface area contributed by atoms with Gasteiger partial charge >= 0.3 is 0 Å². The minimum atomic E-state index is -0.755. The van der Waals surface area contributed by atoms with Gasteiger partial charge in [0.1, 0.15) is 11.9 Å². The lowest BCUT2D eigenvalue weighted by Crippen LogP contribution is -2.50.